The number of nitrogens with zero attached hydrogens (tertiary/aromatic N) is 1. The van der Waals surface area contributed by atoms with Crippen LogP contribution in [-0.4, -0.2) is 39.1 Å². The van der Waals surface area contributed by atoms with Crippen LogP contribution in [0.15, 0.2) is 30.3 Å². The van der Waals surface area contributed by atoms with Crippen molar-refractivity contribution in [1.82, 2.24) is 10.6 Å². The van der Waals surface area contributed by atoms with Gasteiger partial charge in [-0.25, -0.2) is 0 Å². The van der Waals surface area contributed by atoms with Crippen molar-refractivity contribution in [3.05, 3.63) is 30.3 Å². The Bertz CT molecular complexity index is 481. The van der Waals surface area contributed by atoms with Gasteiger partial charge in [0.1, 0.15) is 0 Å². The lowest BCUT2D eigenvalue weighted by molar-refractivity contribution is -0.122. The van der Waals surface area contributed by atoms with Gasteiger partial charge in [-0.3, -0.25) is 4.79 Å². The standard InChI is InChI=1S/C20H33N3O.2ClH/c1-17(18-9-8-12-21-16-18)15-20(24)22-13-6-7-14-23(2)19-10-4-3-5-11-19;;/h3-5,10-11,17-18,21H,6-9,12-16H2,1-2H3,(H,22,24);2*1H. The van der Waals surface area contributed by atoms with Crippen LogP contribution in [0.3, 0.4) is 0 Å². The number of hydrogen-bond acceptors (Lipinski definition) is 3. The van der Waals surface area contributed by atoms with Gasteiger partial charge in [-0.15, -0.1) is 24.8 Å². The van der Waals surface area contributed by atoms with Gasteiger partial charge < -0.3 is 15.5 Å². The van der Waals surface area contributed by atoms with Crippen molar-refractivity contribution >= 4 is 36.4 Å². The summed E-state index contributed by atoms with van der Waals surface area (Å²) in [6.45, 7) is 6.22. The molecule has 150 valence electrons. The highest BCUT2D eigenvalue weighted by Crippen LogP contribution is 2.22. The van der Waals surface area contributed by atoms with E-state index in [2.05, 4.69) is 53.8 Å². The molecule has 1 heterocycles. The van der Waals surface area contributed by atoms with Crippen LogP contribution in [0.2, 0.25) is 0 Å². The summed E-state index contributed by atoms with van der Waals surface area (Å²) in [5.41, 5.74) is 1.25. The first-order valence-electron chi connectivity index (χ1n) is 9.40. The molecule has 0 aromatic heterocycles. The Morgan fingerprint density at radius 1 is 1.27 bits per heavy atom. The van der Waals surface area contributed by atoms with Gasteiger partial charge in [0, 0.05) is 32.2 Å². The number of para-hydroxylation sites is 1. The first-order valence-corrected chi connectivity index (χ1v) is 9.40. The zero-order chi connectivity index (χ0) is 17.2. The minimum atomic E-state index is 0. The van der Waals surface area contributed by atoms with Crippen LogP contribution in [0.1, 0.15) is 39.0 Å². The molecule has 0 spiro atoms. The predicted octanol–water partition coefficient (Wildman–Crippen LogP) is 3.89. The summed E-state index contributed by atoms with van der Waals surface area (Å²) in [5.74, 6) is 1.34. The van der Waals surface area contributed by atoms with Gasteiger partial charge in [0.15, 0.2) is 0 Å². The molecule has 0 bridgehead atoms. The van der Waals surface area contributed by atoms with Crippen molar-refractivity contribution in [2.75, 3.05) is 38.1 Å². The molecule has 2 atom stereocenters. The number of anilines is 1. The second-order valence-electron chi connectivity index (χ2n) is 7.10. The highest BCUT2D eigenvalue weighted by atomic mass is 35.5. The van der Waals surface area contributed by atoms with E-state index in [1.807, 2.05) is 6.07 Å². The molecule has 6 heteroatoms. The molecule has 4 nitrogen and oxygen atoms in total. The van der Waals surface area contributed by atoms with E-state index in [1.54, 1.807) is 0 Å². The number of hydrogen-bond donors (Lipinski definition) is 2. The fourth-order valence-electron chi connectivity index (χ4n) is 3.41. The van der Waals surface area contributed by atoms with Gasteiger partial charge in [-0.1, -0.05) is 25.1 Å². The third-order valence-electron chi connectivity index (χ3n) is 5.09. The summed E-state index contributed by atoms with van der Waals surface area (Å²) in [7, 11) is 2.12. The SMILES string of the molecule is CC(CC(=O)NCCCCN(C)c1ccccc1)C1CCCNC1.Cl.Cl. The van der Waals surface area contributed by atoms with E-state index in [4.69, 9.17) is 0 Å². The van der Waals surface area contributed by atoms with Crippen LogP contribution in [-0.2, 0) is 4.79 Å². The Labute approximate surface area is 171 Å². The summed E-state index contributed by atoms with van der Waals surface area (Å²) in [6.07, 6.45) is 5.28. The molecule has 1 aromatic carbocycles. The third-order valence-corrected chi connectivity index (χ3v) is 5.09. The molecule has 0 saturated carbocycles. The lowest BCUT2D eigenvalue weighted by atomic mass is 9.85. The molecule has 2 rings (SSSR count). The van der Waals surface area contributed by atoms with E-state index < -0.39 is 0 Å². The van der Waals surface area contributed by atoms with Gasteiger partial charge >= 0.3 is 0 Å². The minimum Gasteiger partial charge on any atom is -0.375 e. The number of carbonyl (C=O) groups excluding carboxylic acids is 1. The Balaban J connectivity index is 0.00000312. The summed E-state index contributed by atoms with van der Waals surface area (Å²) >= 11 is 0. The summed E-state index contributed by atoms with van der Waals surface area (Å²) in [4.78, 5) is 14.3. The van der Waals surface area contributed by atoms with E-state index in [-0.39, 0.29) is 30.7 Å². The molecule has 1 fully saturated rings. The smallest absolute Gasteiger partial charge is 0.220 e. The number of piperidine rings is 1. The highest BCUT2D eigenvalue weighted by Gasteiger charge is 2.21. The highest BCUT2D eigenvalue weighted by molar-refractivity contribution is 5.85. The number of benzene rings is 1. The van der Waals surface area contributed by atoms with Crippen molar-refractivity contribution in [3.8, 4) is 0 Å². The van der Waals surface area contributed by atoms with Crippen LogP contribution in [0.25, 0.3) is 0 Å². The van der Waals surface area contributed by atoms with E-state index in [9.17, 15) is 4.79 Å². The molecular formula is C20H35Cl2N3O. The average molecular weight is 404 g/mol. The van der Waals surface area contributed by atoms with Gasteiger partial charge in [-0.05, 0) is 62.7 Å². The van der Waals surface area contributed by atoms with E-state index in [1.165, 1.54) is 18.5 Å². The Morgan fingerprint density at radius 3 is 2.65 bits per heavy atom. The molecule has 2 N–H and O–H groups in total. The molecule has 2 unspecified atom stereocenters. The molecule has 1 saturated heterocycles. The largest absolute Gasteiger partial charge is 0.375 e. The van der Waals surface area contributed by atoms with Crippen molar-refractivity contribution in [3.63, 3.8) is 0 Å². The van der Waals surface area contributed by atoms with Crippen LogP contribution < -0.4 is 15.5 Å². The number of halogens is 2. The van der Waals surface area contributed by atoms with Gasteiger partial charge in [0.2, 0.25) is 5.91 Å². The lowest BCUT2D eigenvalue weighted by Gasteiger charge is -2.28. The number of nitrogens with one attached hydrogen (secondary N) is 2. The predicted molar refractivity (Wildman–Crippen MR) is 116 cm³/mol. The number of carbonyl (C=O) groups is 1. The van der Waals surface area contributed by atoms with Crippen LogP contribution in [0, 0.1) is 11.8 Å². The lowest BCUT2D eigenvalue weighted by Crippen LogP contribution is -2.35. The number of amides is 1. The molecule has 0 radical (unpaired) electrons. The summed E-state index contributed by atoms with van der Waals surface area (Å²) in [5, 5.41) is 6.52. The quantitative estimate of drug-likeness (QED) is 0.614. The zero-order valence-electron chi connectivity index (χ0n) is 16.1. The maximum Gasteiger partial charge on any atom is 0.220 e. The zero-order valence-corrected chi connectivity index (χ0v) is 17.7. The minimum absolute atomic E-state index is 0. The molecule has 1 aromatic rings. The van der Waals surface area contributed by atoms with Crippen LogP contribution in [0.5, 0.6) is 0 Å². The molecule has 1 amide bonds. The van der Waals surface area contributed by atoms with Gasteiger partial charge in [-0.2, -0.15) is 0 Å². The average Bonchev–Trinajstić information content (AvgIpc) is 2.62. The maximum atomic E-state index is 12.1. The Morgan fingerprint density at radius 2 is 2.00 bits per heavy atom. The van der Waals surface area contributed by atoms with Gasteiger partial charge in [0.25, 0.3) is 0 Å². The number of rotatable bonds is 9. The molecule has 1 aliphatic heterocycles. The second-order valence-corrected chi connectivity index (χ2v) is 7.10. The van der Waals surface area contributed by atoms with Crippen LogP contribution in [0.4, 0.5) is 5.69 Å². The van der Waals surface area contributed by atoms with Crippen LogP contribution >= 0.6 is 24.8 Å². The fourth-order valence-corrected chi connectivity index (χ4v) is 3.41. The monoisotopic (exact) mass is 403 g/mol. The fraction of sp³-hybridized carbons (Fsp3) is 0.650. The molecule has 1 aliphatic rings. The third kappa shape index (κ3) is 9.11. The Kier molecular flexibility index (Phi) is 13.6. The van der Waals surface area contributed by atoms with Crippen molar-refractivity contribution in [2.24, 2.45) is 11.8 Å². The number of unbranched alkanes of at least 4 members (excludes halogenated alkanes) is 1. The van der Waals surface area contributed by atoms with E-state index in [0.29, 0.717) is 18.3 Å². The normalized spacial score (nSPS) is 17.4. The second kappa shape index (κ2) is 14.1. The van der Waals surface area contributed by atoms with E-state index in [0.717, 1.165) is 39.0 Å². The molecule has 0 aliphatic carbocycles. The summed E-state index contributed by atoms with van der Waals surface area (Å²) in [6, 6.07) is 10.4. The van der Waals surface area contributed by atoms with E-state index >= 15 is 0 Å². The van der Waals surface area contributed by atoms with Gasteiger partial charge in [0.05, 0.1) is 0 Å². The topological polar surface area (TPSA) is 44.4 Å². The van der Waals surface area contributed by atoms with Crippen molar-refractivity contribution < 1.29 is 4.79 Å². The summed E-state index contributed by atoms with van der Waals surface area (Å²) < 4.78 is 0. The first kappa shape index (κ1) is 25.0. The first-order chi connectivity index (χ1) is 11.7. The van der Waals surface area contributed by atoms with Crippen molar-refractivity contribution in [2.45, 2.75) is 39.0 Å². The maximum absolute atomic E-state index is 12.1. The molecular weight excluding hydrogens is 369 g/mol. The molecule has 26 heavy (non-hydrogen) atoms. The Hall–Kier alpha value is -0.970. The van der Waals surface area contributed by atoms with Crippen molar-refractivity contribution in [1.29, 1.82) is 0 Å².